The molecule has 0 saturated heterocycles. The molecule has 12 heterocycles. The van der Waals surface area contributed by atoms with E-state index < -0.39 is 0 Å². The number of aryl methyl sites for hydroxylation is 2. The molecule has 0 spiro atoms. The summed E-state index contributed by atoms with van der Waals surface area (Å²) < 4.78 is 24.7. The molecule has 0 fully saturated rings. The van der Waals surface area contributed by atoms with Gasteiger partial charge >= 0.3 is 0 Å². The van der Waals surface area contributed by atoms with Crippen molar-refractivity contribution in [1.29, 1.82) is 0 Å². The fourth-order valence-electron chi connectivity index (χ4n) is 16.4. The van der Waals surface area contributed by atoms with Gasteiger partial charge in [0.2, 0.25) is 0 Å². The van der Waals surface area contributed by atoms with Gasteiger partial charge in [0.05, 0.1) is 22.3 Å². The summed E-state index contributed by atoms with van der Waals surface area (Å²) in [6, 6.07) is 141. The molecule has 0 aliphatic carbocycles. The second-order valence-corrected chi connectivity index (χ2v) is 35.6. The molecule has 0 N–H and O–H groups in total. The second-order valence-electron chi connectivity index (χ2n) is 35.6. The quantitative estimate of drug-likeness (QED) is 0.101. The van der Waals surface area contributed by atoms with Crippen molar-refractivity contribution < 1.29 is 98.1 Å². The van der Waals surface area contributed by atoms with E-state index in [0.29, 0.717) is 29.6 Å². The maximum Gasteiger partial charge on any atom is 0.123 e. The zero-order chi connectivity index (χ0) is 97.5. The molecule has 0 atom stereocenters. The van der Waals surface area contributed by atoms with Gasteiger partial charge in [0, 0.05) is 152 Å². The van der Waals surface area contributed by atoms with Crippen LogP contribution in [0, 0.1) is 62.4 Å². The van der Waals surface area contributed by atoms with Gasteiger partial charge in [-0.15, -0.1) is 216 Å². The molecule has 0 saturated carbocycles. The zero-order valence-electron chi connectivity index (χ0n) is 82.5. The Labute approximate surface area is 903 Å². The van der Waals surface area contributed by atoms with E-state index >= 15 is 0 Å². The zero-order valence-corrected chi connectivity index (χ0v) is 92.0. The Balaban J connectivity index is 0.000000141. The Kier molecular flexibility index (Phi) is 38.9. The van der Waals surface area contributed by atoms with E-state index in [2.05, 4.69) is 305 Å². The van der Waals surface area contributed by atoms with Crippen LogP contribution in [0.2, 0.25) is 0 Å². The Bertz CT molecular complexity index is 7600. The molecule has 12 aromatic heterocycles. The predicted molar refractivity (Wildman–Crippen MR) is 577 cm³/mol. The molecular formula is C129H106Ir4N8O4-8. The van der Waals surface area contributed by atoms with E-state index in [1.165, 1.54) is 27.8 Å². The number of nitrogens with zero attached hydrogens (tertiary/aromatic N) is 8. The van der Waals surface area contributed by atoms with Crippen LogP contribution in [-0.2, 0) is 80.4 Å². The SMILES string of the molecule is CC(C)c1ccc2oc3c(-c4ccccn4)[c-]ccc3c2c1.CC(C)c1ccnc(-c2[c-]ccc3c2oc2ccc(C(C)C)cc23)c1.Cc1cccc2c1oc1c(-c3cc(C(C)C)ccn3)[c-]ccc12.Cc1cccc2c1oc1c(-c3cc(C(C)C)ccn3)[c-]ccc12.[Ir].[Ir].[Ir].[Ir].[c-]1ccccc1-c1ccccn1.[c-]1ccccc1-c1ccccn1.[c-]1ccccc1-c1ccccn1.[c-]1ccccc1-c1ccccn1. The van der Waals surface area contributed by atoms with Crippen LogP contribution in [0.25, 0.3) is 178 Å². The Hall–Kier alpha value is -14.4. The minimum Gasteiger partial charge on any atom is -0.501 e. The van der Waals surface area contributed by atoms with Gasteiger partial charge in [-0.3, -0.25) is 0 Å². The number of hydrogen-bond acceptors (Lipinski definition) is 12. The third kappa shape index (κ3) is 26.6. The van der Waals surface area contributed by atoms with Crippen molar-refractivity contribution in [2.24, 2.45) is 0 Å². The molecule has 24 rings (SSSR count). The summed E-state index contributed by atoms with van der Waals surface area (Å²) in [5.41, 5.74) is 31.3. The van der Waals surface area contributed by atoms with Gasteiger partial charge in [-0.1, -0.05) is 257 Å². The fraction of sp³-hybridized carbons (Fsp3) is 0.132. The summed E-state index contributed by atoms with van der Waals surface area (Å²) in [7, 11) is 0. The molecule has 24 aromatic rings. The molecule has 16 heteroatoms. The van der Waals surface area contributed by atoms with Gasteiger partial charge in [0.1, 0.15) is 22.3 Å². The van der Waals surface area contributed by atoms with Gasteiger partial charge in [-0.2, -0.15) is 0 Å². The molecule has 730 valence electrons. The molecule has 0 bridgehead atoms. The summed E-state index contributed by atoms with van der Waals surface area (Å²) in [4.78, 5) is 34.9. The van der Waals surface area contributed by atoms with E-state index in [9.17, 15) is 0 Å². The van der Waals surface area contributed by atoms with Crippen LogP contribution in [0.3, 0.4) is 0 Å². The molecule has 0 aliphatic rings. The monoisotopic (exact) mass is 2600 g/mol. The number of para-hydroxylation sites is 2. The summed E-state index contributed by atoms with van der Waals surface area (Å²) >= 11 is 0. The largest absolute Gasteiger partial charge is 0.501 e. The standard InChI is InChI=1S/C23H22NO.2C21H18NO.C20H16NO.4C11H8N.4Ir/c1-14(2)16-8-9-22-20(12-16)18-6-5-7-19(23(18)25-22)21-13-17(15(3)4)10-11-24-21;2*1-13(2)15-10-11-22-19(12-15)18-9-5-8-17-16-7-4-6-14(3)20(16)23-21(17)18;1-13(2)14-9-10-19-17(12-14)15-6-5-7-16(20(15)22-19)18-8-3-4-11-21-18;4*1-2-6-10(7-3-1)11-8-4-5-9-12-11;;;;/h5-6,8-15H,1-4H3;2*4-8,10-13H,1-3H3;3-6,8-13H,1-2H3;4*1-6,8-9H;;;;/q8*-1;;;;. The van der Waals surface area contributed by atoms with Crippen molar-refractivity contribution in [2.75, 3.05) is 0 Å². The molecule has 145 heavy (non-hydrogen) atoms. The van der Waals surface area contributed by atoms with Gasteiger partial charge in [-0.05, 0) is 184 Å². The van der Waals surface area contributed by atoms with Crippen LogP contribution in [0.1, 0.15) is 138 Å². The molecule has 0 unspecified atom stereocenters. The fourth-order valence-corrected chi connectivity index (χ4v) is 16.4. The van der Waals surface area contributed by atoms with Crippen molar-refractivity contribution in [3.63, 3.8) is 0 Å². The number of rotatable bonds is 13. The van der Waals surface area contributed by atoms with Crippen LogP contribution in [0.4, 0.5) is 0 Å². The first-order valence-corrected chi connectivity index (χ1v) is 47.7. The average Bonchev–Trinajstić information content (AvgIpc) is 1.63. The summed E-state index contributed by atoms with van der Waals surface area (Å²) in [6.07, 6.45) is 14.5. The number of fused-ring (bicyclic) bond motifs is 12. The van der Waals surface area contributed by atoms with E-state index in [4.69, 9.17) is 17.7 Å². The van der Waals surface area contributed by atoms with Crippen LogP contribution >= 0.6 is 0 Å². The summed E-state index contributed by atoms with van der Waals surface area (Å²) in [6.45, 7) is 26.1. The minimum absolute atomic E-state index is 0. The first kappa shape index (κ1) is 108. The summed E-state index contributed by atoms with van der Waals surface area (Å²) in [5.74, 6) is 2.39. The maximum atomic E-state index is 6.20. The molecule has 12 nitrogen and oxygen atoms in total. The van der Waals surface area contributed by atoms with Crippen molar-refractivity contribution in [3.8, 4) is 90.1 Å². The second kappa shape index (κ2) is 52.2. The third-order valence-electron chi connectivity index (χ3n) is 24.2. The normalized spacial score (nSPS) is 10.7. The topological polar surface area (TPSA) is 156 Å². The van der Waals surface area contributed by atoms with E-state index in [1.807, 2.05) is 231 Å². The van der Waals surface area contributed by atoms with Gasteiger partial charge in [0.15, 0.2) is 0 Å². The van der Waals surface area contributed by atoms with Crippen LogP contribution < -0.4 is 0 Å². The van der Waals surface area contributed by atoms with Gasteiger partial charge < -0.3 is 57.5 Å². The first-order valence-electron chi connectivity index (χ1n) is 47.7. The van der Waals surface area contributed by atoms with E-state index in [0.717, 1.165) is 189 Å². The van der Waals surface area contributed by atoms with E-state index in [-0.39, 0.29) is 80.4 Å². The molecule has 0 aliphatic heterocycles. The Morgan fingerprint density at radius 1 is 0.186 bits per heavy atom. The van der Waals surface area contributed by atoms with Crippen molar-refractivity contribution >= 4 is 87.8 Å². The first-order chi connectivity index (χ1) is 68.9. The molecule has 0 amide bonds. The van der Waals surface area contributed by atoms with Crippen molar-refractivity contribution in [3.05, 3.63) is 483 Å². The molecular weight excluding hydrogens is 2490 g/mol. The average molecular weight is 2600 g/mol. The molecule has 12 aromatic carbocycles. The van der Waals surface area contributed by atoms with Crippen LogP contribution in [0.5, 0.6) is 0 Å². The number of furan rings is 4. The minimum atomic E-state index is 0. The smallest absolute Gasteiger partial charge is 0.123 e. The van der Waals surface area contributed by atoms with E-state index in [1.54, 1.807) is 31.0 Å². The summed E-state index contributed by atoms with van der Waals surface area (Å²) in [5, 5.41) is 9.11. The maximum absolute atomic E-state index is 6.20. The van der Waals surface area contributed by atoms with Gasteiger partial charge in [0.25, 0.3) is 0 Å². The number of aromatic nitrogens is 8. The van der Waals surface area contributed by atoms with Crippen LogP contribution in [0.15, 0.2) is 413 Å². The Morgan fingerprint density at radius 2 is 0.434 bits per heavy atom. The number of pyridine rings is 8. The van der Waals surface area contributed by atoms with Gasteiger partial charge in [-0.25, -0.2) is 0 Å². The Morgan fingerprint density at radius 3 is 0.703 bits per heavy atom. The number of benzene rings is 12. The third-order valence-corrected chi connectivity index (χ3v) is 24.2. The predicted octanol–water partition coefficient (Wildman–Crippen LogP) is 34.2. The van der Waals surface area contributed by atoms with Crippen molar-refractivity contribution in [2.45, 2.75) is 113 Å². The van der Waals surface area contributed by atoms with Crippen LogP contribution in [-0.4, -0.2) is 39.9 Å². The number of hydrogen-bond donors (Lipinski definition) is 0. The van der Waals surface area contributed by atoms with Crippen molar-refractivity contribution in [1.82, 2.24) is 39.9 Å². The molecule has 4 radical (unpaired) electrons.